The third-order valence-corrected chi connectivity index (χ3v) is 3.74. The molecule has 2 aromatic heterocycles. The van der Waals surface area contributed by atoms with Crippen molar-refractivity contribution >= 4 is 23.1 Å². The molecule has 0 unspecified atom stereocenters. The molecule has 0 atom stereocenters. The van der Waals surface area contributed by atoms with E-state index in [1.807, 2.05) is 47.7 Å². The number of hydrogen-bond donors (Lipinski definition) is 0. The Kier molecular flexibility index (Phi) is 4.74. The monoisotopic (exact) mass is 338 g/mol. The number of azo groups is 1. The SMILES string of the molecule is COC(=O)Cc1nc2cccc(C)n2c1N=Nc1cccc(OC)c1. The highest BCUT2D eigenvalue weighted by atomic mass is 16.5. The van der Waals surface area contributed by atoms with Crippen LogP contribution in [-0.4, -0.2) is 29.6 Å². The molecule has 7 nitrogen and oxygen atoms in total. The maximum absolute atomic E-state index is 11.7. The molecule has 0 fully saturated rings. The minimum absolute atomic E-state index is 0.0318. The zero-order valence-corrected chi connectivity index (χ0v) is 14.3. The van der Waals surface area contributed by atoms with E-state index in [0.29, 0.717) is 28.6 Å². The van der Waals surface area contributed by atoms with Gasteiger partial charge in [0.25, 0.3) is 0 Å². The van der Waals surface area contributed by atoms with Crippen molar-refractivity contribution in [3.05, 3.63) is 53.9 Å². The van der Waals surface area contributed by atoms with E-state index >= 15 is 0 Å². The number of benzene rings is 1. The number of aromatic nitrogens is 2. The lowest BCUT2D eigenvalue weighted by atomic mass is 10.3. The number of nitrogens with zero attached hydrogens (tertiary/aromatic N) is 4. The summed E-state index contributed by atoms with van der Waals surface area (Å²) in [6.45, 7) is 1.95. The number of imidazole rings is 1. The van der Waals surface area contributed by atoms with Gasteiger partial charge in [-0.05, 0) is 31.2 Å². The number of ether oxygens (including phenoxy) is 2. The molecule has 25 heavy (non-hydrogen) atoms. The standard InChI is InChI=1S/C18H18N4O3/c1-12-6-4-9-16-19-15(11-17(23)25-3)18(22(12)16)21-20-13-7-5-8-14(10-13)24-2/h4-10H,11H2,1-3H3. The van der Waals surface area contributed by atoms with E-state index < -0.39 is 0 Å². The number of fused-ring (bicyclic) bond motifs is 1. The number of carbonyl (C=O) groups excluding carboxylic acids is 1. The van der Waals surface area contributed by atoms with E-state index in [0.717, 1.165) is 5.69 Å². The fourth-order valence-corrected chi connectivity index (χ4v) is 2.49. The number of hydrogen-bond acceptors (Lipinski definition) is 6. The fraction of sp³-hybridized carbons (Fsp3) is 0.222. The summed E-state index contributed by atoms with van der Waals surface area (Å²) in [5.74, 6) is 0.834. The maximum Gasteiger partial charge on any atom is 0.311 e. The van der Waals surface area contributed by atoms with E-state index in [2.05, 4.69) is 15.2 Å². The Hall–Kier alpha value is -3.22. The van der Waals surface area contributed by atoms with E-state index in [1.54, 1.807) is 13.2 Å². The first-order chi connectivity index (χ1) is 12.1. The predicted molar refractivity (Wildman–Crippen MR) is 92.8 cm³/mol. The average Bonchev–Trinajstić information content (AvgIpc) is 2.98. The van der Waals surface area contributed by atoms with Gasteiger partial charge in [-0.1, -0.05) is 12.1 Å². The lowest BCUT2D eigenvalue weighted by Gasteiger charge is -2.02. The first kappa shape index (κ1) is 16.6. The van der Waals surface area contributed by atoms with E-state index in [4.69, 9.17) is 9.47 Å². The van der Waals surface area contributed by atoms with Crippen molar-refractivity contribution in [3.8, 4) is 5.75 Å². The average molecular weight is 338 g/mol. The molecule has 0 amide bonds. The molecule has 0 radical (unpaired) electrons. The van der Waals surface area contributed by atoms with Gasteiger partial charge >= 0.3 is 5.97 Å². The normalized spacial score (nSPS) is 11.2. The topological polar surface area (TPSA) is 77.5 Å². The van der Waals surface area contributed by atoms with Gasteiger partial charge in [0.15, 0.2) is 5.82 Å². The summed E-state index contributed by atoms with van der Waals surface area (Å²) in [4.78, 5) is 16.2. The van der Waals surface area contributed by atoms with Gasteiger partial charge in [-0.2, -0.15) is 0 Å². The lowest BCUT2D eigenvalue weighted by molar-refractivity contribution is -0.139. The van der Waals surface area contributed by atoms with Crippen LogP contribution in [0, 0.1) is 6.92 Å². The number of methoxy groups -OCH3 is 2. The van der Waals surface area contributed by atoms with Crippen molar-refractivity contribution in [2.45, 2.75) is 13.3 Å². The van der Waals surface area contributed by atoms with Crippen LogP contribution in [0.2, 0.25) is 0 Å². The number of carbonyl (C=O) groups is 1. The van der Waals surface area contributed by atoms with Crippen LogP contribution >= 0.6 is 0 Å². The molecule has 128 valence electrons. The highest BCUT2D eigenvalue weighted by molar-refractivity contribution is 5.74. The van der Waals surface area contributed by atoms with E-state index in [9.17, 15) is 4.79 Å². The Bertz CT molecular complexity index is 947. The third kappa shape index (κ3) is 3.50. The van der Waals surface area contributed by atoms with Crippen LogP contribution in [-0.2, 0) is 16.0 Å². The molecule has 7 heteroatoms. The highest BCUT2D eigenvalue weighted by Gasteiger charge is 2.16. The molecule has 0 aliphatic rings. The minimum atomic E-state index is -0.376. The Morgan fingerprint density at radius 2 is 1.96 bits per heavy atom. The highest BCUT2D eigenvalue weighted by Crippen LogP contribution is 2.27. The minimum Gasteiger partial charge on any atom is -0.497 e. The zero-order chi connectivity index (χ0) is 17.8. The summed E-state index contributed by atoms with van der Waals surface area (Å²) in [6, 6.07) is 13.0. The van der Waals surface area contributed by atoms with Crippen LogP contribution in [0.15, 0.2) is 52.7 Å². The summed E-state index contributed by atoms with van der Waals surface area (Å²) < 4.78 is 11.8. The van der Waals surface area contributed by atoms with Crippen LogP contribution in [0.25, 0.3) is 5.65 Å². The Morgan fingerprint density at radius 1 is 1.16 bits per heavy atom. The molecule has 0 aliphatic heterocycles. The summed E-state index contributed by atoms with van der Waals surface area (Å²) in [5.41, 5.74) is 2.82. The second kappa shape index (κ2) is 7.12. The second-order valence-corrected chi connectivity index (χ2v) is 5.40. The summed E-state index contributed by atoms with van der Waals surface area (Å²) in [6.07, 6.45) is 0.0318. The zero-order valence-electron chi connectivity index (χ0n) is 14.3. The lowest BCUT2D eigenvalue weighted by Crippen LogP contribution is -2.04. The molecule has 0 saturated heterocycles. The molecular weight excluding hydrogens is 320 g/mol. The maximum atomic E-state index is 11.7. The summed E-state index contributed by atoms with van der Waals surface area (Å²) >= 11 is 0. The molecule has 0 spiro atoms. The number of pyridine rings is 1. The van der Waals surface area contributed by atoms with Crippen molar-refractivity contribution in [1.29, 1.82) is 0 Å². The van der Waals surface area contributed by atoms with Crippen molar-refractivity contribution in [1.82, 2.24) is 9.38 Å². The van der Waals surface area contributed by atoms with Crippen LogP contribution < -0.4 is 4.74 Å². The molecule has 1 aromatic carbocycles. The summed E-state index contributed by atoms with van der Waals surface area (Å²) in [7, 11) is 2.94. The van der Waals surface area contributed by atoms with Gasteiger partial charge in [0, 0.05) is 11.8 Å². The largest absolute Gasteiger partial charge is 0.497 e. The van der Waals surface area contributed by atoms with Crippen LogP contribution in [0.4, 0.5) is 11.5 Å². The van der Waals surface area contributed by atoms with Crippen LogP contribution in [0.5, 0.6) is 5.75 Å². The van der Waals surface area contributed by atoms with E-state index in [1.165, 1.54) is 7.11 Å². The molecule has 3 aromatic rings. The third-order valence-electron chi connectivity index (χ3n) is 3.74. The quantitative estimate of drug-likeness (QED) is 0.524. The molecular formula is C18H18N4O3. The van der Waals surface area contributed by atoms with Crippen molar-refractivity contribution in [3.63, 3.8) is 0 Å². The number of esters is 1. The number of aryl methyl sites for hydroxylation is 1. The van der Waals surface area contributed by atoms with Crippen molar-refractivity contribution < 1.29 is 14.3 Å². The predicted octanol–water partition coefficient (Wildman–Crippen LogP) is 3.78. The molecule has 2 heterocycles. The molecule has 0 N–H and O–H groups in total. The first-order valence-electron chi connectivity index (χ1n) is 7.72. The fourth-order valence-electron chi connectivity index (χ4n) is 2.49. The number of rotatable bonds is 5. The molecule has 0 bridgehead atoms. The Labute approximate surface area is 144 Å². The van der Waals surface area contributed by atoms with Crippen molar-refractivity contribution in [2.24, 2.45) is 10.2 Å². The first-order valence-corrected chi connectivity index (χ1v) is 7.72. The van der Waals surface area contributed by atoms with Gasteiger partial charge in [0.2, 0.25) is 0 Å². The van der Waals surface area contributed by atoms with Gasteiger partial charge in [-0.25, -0.2) is 4.98 Å². The molecule has 0 aliphatic carbocycles. The van der Waals surface area contributed by atoms with Crippen molar-refractivity contribution in [2.75, 3.05) is 14.2 Å². The van der Waals surface area contributed by atoms with Gasteiger partial charge in [0.05, 0.1) is 32.0 Å². The van der Waals surface area contributed by atoms with Gasteiger partial charge in [0.1, 0.15) is 11.4 Å². The van der Waals surface area contributed by atoms with Gasteiger partial charge in [-0.3, -0.25) is 9.20 Å². The Morgan fingerprint density at radius 3 is 2.72 bits per heavy atom. The second-order valence-electron chi connectivity index (χ2n) is 5.40. The van der Waals surface area contributed by atoms with Gasteiger partial charge in [-0.15, -0.1) is 10.2 Å². The van der Waals surface area contributed by atoms with Crippen LogP contribution in [0.3, 0.4) is 0 Å². The summed E-state index contributed by atoms with van der Waals surface area (Å²) in [5, 5.41) is 8.62. The van der Waals surface area contributed by atoms with E-state index in [-0.39, 0.29) is 12.4 Å². The Balaban J connectivity index is 2.07. The van der Waals surface area contributed by atoms with Gasteiger partial charge < -0.3 is 9.47 Å². The smallest absolute Gasteiger partial charge is 0.311 e. The van der Waals surface area contributed by atoms with Crippen LogP contribution in [0.1, 0.15) is 11.4 Å². The molecule has 0 saturated carbocycles. The molecule has 3 rings (SSSR count).